The van der Waals surface area contributed by atoms with Crippen LogP contribution >= 0.6 is 24.0 Å². The number of aliphatic carboxylic acids is 1. The molecule has 8 heteroatoms. The summed E-state index contributed by atoms with van der Waals surface area (Å²) in [5, 5.41) is 8.68. The van der Waals surface area contributed by atoms with Gasteiger partial charge in [-0.15, -0.1) is 0 Å². The number of carbonyl (C=O) groups excluding carboxylic acids is 1. The zero-order valence-electron chi connectivity index (χ0n) is 12.5. The molecule has 0 unspecified atom stereocenters. The summed E-state index contributed by atoms with van der Waals surface area (Å²) < 4.78 is 0.436. The summed E-state index contributed by atoms with van der Waals surface area (Å²) in [5.74, 6) is -1.10. The fourth-order valence-electron chi connectivity index (χ4n) is 2.26. The van der Waals surface area contributed by atoms with E-state index in [1.807, 2.05) is 24.3 Å². The van der Waals surface area contributed by atoms with E-state index in [9.17, 15) is 9.59 Å². The Bertz CT molecular complexity index is 867. The van der Waals surface area contributed by atoms with E-state index < -0.39 is 5.97 Å². The Hall–Kier alpha value is -2.32. The number of hydrogen-bond acceptors (Lipinski definition) is 6. The summed E-state index contributed by atoms with van der Waals surface area (Å²) in [6.07, 6.45) is 3.65. The van der Waals surface area contributed by atoms with Crippen LogP contribution in [0.4, 0.5) is 0 Å². The van der Waals surface area contributed by atoms with Gasteiger partial charge in [0, 0.05) is 13.0 Å². The lowest BCUT2D eigenvalue weighted by molar-refractivity contribution is -0.137. The molecule has 24 heavy (non-hydrogen) atoms. The van der Waals surface area contributed by atoms with Gasteiger partial charge < -0.3 is 5.11 Å². The standard InChI is InChI=1S/C16H13N3O3S2/c20-14(21)6-3-7-19-15(22)13(24-16(19)23)8-10-9-17-11-4-1-2-5-12(11)18-10/h1-2,4-5,8-9H,3,6-7H2,(H,20,21). The molecule has 1 saturated heterocycles. The van der Waals surface area contributed by atoms with Gasteiger partial charge in [0.1, 0.15) is 4.32 Å². The van der Waals surface area contributed by atoms with E-state index in [-0.39, 0.29) is 12.3 Å². The SMILES string of the molecule is O=C(O)CCCN1C(=O)C(=Cc2cnc3ccccc3n2)SC1=S. The molecule has 0 radical (unpaired) electrons. The number of carboxylic acids is 1. The highest BCUT2D eigenvalue weighted by Gasteiger charge is 2.31. The van der Waals surface area contributed by atoms with Crippen LogP contribution in [0, 0.1) is 0 Å². The molecule has 6 nitrogen and oxygen atoms in total. The van der Waals surface area contributed by atoms with Crippen LogP contribution in [0.25, 0.3) is 17.1 Å². The van der Waals surface area contributed by atoms with Crippen LogP contribution in [-0.2, 0) is 9.59 Å². The summed E-state index contributed by atoms with van der Waals surface area (Å²) in [6, 6.07) is 7.49. The first-order valence-electron chi connectivity index (χ1n) is 7.23. The summed E-state index contributed by atoms with van der Waals surface area (Å²) in [7, 11) is 0. The Morgan fingerprint density at radius 1 is 1.33 bits per heavy atom. The Labute approximate surface area is 147 Å². The number of hydrogen-bond donors (Lipinski definition) is 1. The lowest BCUT2D eigenvalue weighted by atomic mass is 10.2. The zero-order chi connectivity index (χ0) is 17.1. The Balaban J connectivity index is 1.78. The largest absolute Gasteiger partial charge is 0.481 e. The van der Waals surface area contributed by atoms with Crippen LogP contribution in [-0.4, -0.2) is 42.7 Å². The van der Waals surface area contributed by atoms with E-state index in [2.05, 4.69) is 9.97 Å². The third kappa shape index (κ3) is 3.60. The number of carboxylic acid groups (broad SMARTS) is 1. The first-order valence-corrected chi connectivity index (χ1v) is 8.46. The molecule has 0 saturated carbocycles. The highest BCUT2D eigenvalue weighted by molar-refractivity contribution is 8.26. The highest BCUT2D eigenvalue weighted by atomic mass is 32.2. The van der Waals surface area contributed by atoms with Crippen molar-refractivity contribution < 1.29 is 14.7 Å². The van der Waals surface area contributed by atoms with E-state index in [4.69, 9.17) is 17.3 Å². The average molecular weight is 359 g/mol. The van der Waals surface area contributed by atoms with E-state index in [1.54, 1.807) is 12.3 Å². The molecule has 1 N–H and O–H groups in total. The predicted octanol–water partition coefficient (Wildman–Crippen LogP) is 2.70. The molecule has 0 spiro atoms. The molecule has 0 aliphatic carbocycles. The maximum Gasteiger partial charge on any atom is 0.303 e. The number of carbonyl (C=O) groups is 2. The molecule has 1 fully saturated rings. The molecule has 3 rings (SSSR count). The van der Waals surface area contributed by atoms with E-state index in [0.717, 1.165) is 11.0 Å². The molecule has 1 aromatic heterocycles. The van der Waals surface area contributed by atoms with Crippen molar-refractivity contribution in [3.63, 3.8) is 0 Å². The fourth-order valence-corrected chi connectivity index (χ4v) is 3.55. The van der Waals surface area contributed by atoms with Gasteiger partial charge in [-0.3, -0.25) is 19.5 Å². The van der Waals surface area contributed by atoms with Crippen LogP contribution in [0.3, 0.4) is 0 Å². The van der Waals surface area contributed by atoms with Crippen molar-refractivity contribution in [1.82, 2.24) is 14.9 Å². The van der Waals surface area contributed by atoms with Crippen molar-refractivity contribution >= 4 is 57.3 Å². The maximum atomic E-state index is 12.4. The third-order valence-corrected chi connectivity index (χ3v) is 4.77. The quantitative estimate of drug-likeness (QED) is 0.649. The lowest BCUT2D eigenvalue weighted by Gasteiger charge is -2.13. The van der Waals surface area contributed by atoms with Gasteiger partial charge >= 0.3 is 5.97 Å². The van der Waals surface area contributed by atoms with Gasteiger partial charge in [-0.05, 0) is 24.6 Å². The second-order valence-corrected chi connectivity index (χ2v) is 6.79. The second kappa shape index (κ2) is 7.06. The fraction of sp³-hybridized carbons (Fsp3) is 0.188. The van der Waals surface area contributed by atoms with E-state index in [0.29, 0.717) is 27.9 Å². The summed E-state index contributed by atoms with van der Waals surface area (Å²) >= 11 is 6.41. The minimum absolute atomic E-state index is 0.00621. The van der Waals surface area contributed by atoms with Crippen molar-refractivity contribution in [2.45, 2.75) is 12.8 Å². The predicted molar refractivity (Wildman–Crippen MR) is 96.3 cm³/mol. The summed E-state index contributed by atoms with van der Waals surface area (Å²) in [6.45, 7) is 0.303. The van der Waals surface area contributed by atoms with Crippen LogP contribution in [0.2, 0.25) is 0 Å². The van der Waals surface area contributed by atoms with Crippen LogP contribution in [0.15, 0.2) is 35.4 Å². The van der Waals surface area contributed by atoms with E-state index >= 15 is 0 Å². The average Bonchev–Trinajstić information content (AvgIpc) is 2.82. The third-order valence-electron chi connectivity index (χ3n) is 3.39. The number of para-hydroxylation sites is 2. The first kappa shape index (κ1) is 16.5. The number of rotatable bonds is 5. The minimum Gasteiger partial charge on any atom is -0.481 e. The first-order chi connectivity index (χ1) is 11.5. The number of benzene rings is 1. The molecule has 0 bridgehead atoms. The van der Waals surface area contributed by atoms with Gasteiger partial charge in [0.25, 0.3) is 5.91 Å². The zero-order valence-corrected chi connectivity index (χ0v) is 14.1. The molecule has 1 aliphatic rings. The van der Waals surface area contributed by atoms with Crippen LogP contribution in [0.1, 0.15) is 18.5 Å². The number of aromatic nitrogens is 2. The van der Waals surface area contributed by atoms with Crippen molar-refractivity contribution in [2.75, 3.05) is 6.54 Å². The van der Waals surface area contributed by atoms with Gasteiger partial charge in [0.2, 0.25) is 0 Å². The number of thioether (sulfide) groups is 1. The molecule has 122 valence electrons. The topological polar surface area (TPSA) is 83.4 Å². The smallest absolute Gasteiger partial charge is 0.303 e. The maximum absolute atomic E-state index is 12.4. The Morgan fingerprint density at radius 3 is 2.83 bits per heavy atom. The second-order valence-electron chi connectivity index (χ2n) is 5.11. The molecule has 1 aliphatic heterocycles. The van der Waals surface area contributed by atoms with Crippen molar-refractivity contribution in [3.8, 4) is 0 Å². The van der Waals surface area contributed by atoms with Crippen molar-refractivity contribution in [2.24, 2.45) is 0 Å². The van der Waals surface area contributed by atoms with Crippen LogP contribution in [0.5, 0.6) is 0 Å². The van der Waals surface area contributed by atoms with Crippen molar-refractivity contribution in [3.05, 3.63) is 41.1 Å². The Kier molecular flexibility index (Phi) is 4.86. The molecule has 1 amide bonds. The lowest BCUT2D eigenvalue weighted by Crippen LogP contribution is -2.29. The molecule has 2 aromatic rings. The van der Waals surface area contributed by atoms with Gasteiger partial charge in [-0.1, -0.05) is 36.1 Å². The van der Waals surface area contributed by atoms with Gasteiger partial charge in [0.15, 0.2) is 0 Å². The monoisotopic (exact) mass is 359 g/mol. The summed E-state index contributed by atoms with van der Waals surface area (Å²) in [5.41, 5.74) is 2.12. The van der Waals surface area contributed by atoms with E-state index in [1.165, 1.54) is 16.7 Å². The molecule has 2 heterocycles. The summed E-state index contributed by atoms with van der Waals surface area (Å²) in [4.78, 5) is 33.7. The number of nitrogens with zero attached hydrogens (tertiary/aromatic N) is 3. The highest BCUT2D eigenvalue weighted by Crippen LogP contribution is 2.32. The van der Waals surface area contributed by atoms with Crippen molar-refractivity contribution in [1.29, 1.82) is 0 Å². The molecular weight excluding hydrogens is 346 g/mol. The van der Waals surface area contributed by atoms with Gasteiger partial charge in [0.05, 0.1) is 27.8 Å². The molecule has 1 aromatic carbocycles. The Morgan fingerprint density at radius 2 is 2.08 bits per heavy atom. The molecule has 0 atom stereocenters. The van der Waals surface area contributed by atoms with Gasteiger partial charge in [-0.2, -0.15) is 0 Å². The van der Waals surface area contributed by atoms with Gasteiger partial charge in [-0.25, -0.2) is 4.98 Å². The number of fused-ring (bicyclic) bond motifs is 1. The normalized spacial score (nSPS) is 16.3. The number of thiocarbonyl (C=S) groups is 1. The number of amides is 1. The minimum atomic E-state index is -0.887. The van der Waals surface area contributed by atoms with Crippen LogP contribution < -0.4 is 0 Å². The molecular formula is C16H13N3O3S2.